The van der Waals surface area contributed by atoms with E-state index in [2.05, 4.69) is 6.92 Å². The summed E-state index contributed by atoms with van der Waals surface area (Å²) in [6.07, 6.45) is 11.5. The number of ketones is 1. The molecule has 0 aromatic heterocycles. The summed E-state index contributed by atoms with van der Waals surface area (Å²) >= 11 is 0. The Kier molecular flexibility index (Phi) is 10.8. The zero-order valence-electron chi connectivity index (χ0n) is 15.1. The molecule has 134 valence electrons. The normalized spacial score (nSPS) is 10.7. The van der Waals surface area contributed by atoms with E-state index in [1.165, 1.54) is 32.1 Å². The second kappa shape index (κ2) is 12.7. The van der Waals surface area contributed by atoms with Gasteiger partial charge in [-0.25, -0.2) is 0 Å². The third-order valence-electron chi connectivity index (χ3n) is 4.34. The fourth-order valence-corrected chi connectivity index (χ4v) is 2.86. The van der Waals surface area contributed by atoms with Crippen molar-refractivity contribution in [3.63, 3.8) is 0 Å². The van der Waals surface area contributed by atoms with Crippen LogP contribution in [0, 0.1) is 0 Å². The zero-order valence-corrected chi connectivity index (χ0v) is 15.1. The van der Waals surface area contributed by atoms with Gasteiger partial charge in [0.15, 0.2) is 0 Å². The molecule has 24 heavy (non-hydrogen) atoms. The number of carboxylic acid groups (broad SMARTS) is 1. The minimum absolute atomic E-state index is 0.207. The summed E-state index contributed by atoms with van der Waals surface area (Å²) in [5.74, 6) is -0.426. The van der Waals surface area contributed by atoms with Gasteiger partial charge in [0.25, 0.3) is 0 Å². The minimum atomic E-state index is -0.748. The number of hydrogen-bond acceptors (Lipinski definition) is 2. The molecule has 3 heteroatoms. The first kappa shape index (κ1) is 20.4. The second-order valence-corrected chi connectivity index (χ2v) is 6.65. The molecule has 0 bridgehead atoms. The van der Waals surface area contributed by atoms with Gasteiger partial charge in [0.2, 0.25) is 0 Å². The first-order valence-corrected chi connectivity index (χ1v) is 9.43. The van der Waals surface area contributed by atoms with Gasteiger partial charge in [-0.2, -0.15) is 0 Å². The maximum absolute atomic E-state index is 12.0. The molecular formula is C21H32O3. The van der Waals surface area contributed by atoms with Gasteiger partial charge >= 0.3 is 5.97 Å². The standard InChI is InChI=1S/C21H32O3/c1-2-3-4-5-6-7-8-11-20(22)17-19-15-13-18(14-16-19)10-9-12-21(23)24/h13-16H,2-12,17H2,1H3,(H,23,24). The molecule has 0 aliphatic carbocycles. The topological polar surface area (TPSA) is 54.4 Å². The number of carbonyl (C=O) groups excluding carboxylic acids is 1. The average molecular weight is 332 g/mol. The summed E-state index contributed by atoms with van der Waals surface area (Å²) in [4.78, 5) is 22.5. The second-order valence-electron chi connectivity index (χ2n) is 6.65. The van der Waals surface area contributed by atoms with Crippen LogP contribution < -0.4 is 0 Å². The highest BCUT2D eigenvalue weighted by molar-refractivity contribution is 5.80. The van der Waals surface area contributed by atoms with Crippen molar-refractivity contribution in [1.29, 1.82) is 0 Å². The minimum Gasteiger partial charge on any atom is -0.481 e. The Balaban J connectivity index is 2.16. The lowest BCUT2D eigenvalue weighted by atomic mass is 10.0. The van der Waals surface area contributed by atoms with E-state index in [-0.39, 0.29) is 6.42 Å². The van der Waals surface area contributed by atoms with Gasteiger partial charge in [-0.05, 0) is 30.4 Å². The highest BCUT2D eigenvalue weighted by Crippen LogP contribution is 2.12. The monoisotopic (exact) mass is 332 g/mol. The predicted molar refractivity (Wildman–Crippen MR) is 98.3 cm³/mol. The van der Waals surface area contributed by atoms with Crippen molar-refractivity contribution in [1.82, 2.24) is 0 Å². The fourth-order valence-electron chi connectivity index (χ4n) is 2.86. The van der Waals surface area contributed by atoms with E-state index in [1.54, 1.807) is 0 Å². The van der Waals surface area contributed by atoms with Crippen molar-refractivity contribution >= 4 is 11.8 Å². The Morgan fingerprint density at radius 2 is 1.38 bits per heavy atom. The maximum Gasteiger partial charge on any atom is 0.303 e. The fraction of sp³-hybridized carbons (Fsp3) is 0.619. The van der Waals surface area contributed by atoms with Gasteiger partial charge in [-0.3, -0.25) is 9.59 Å². The summed E-state index contributed by atoms with van der Waals surface area (Å²) in [7, 11) is 0. The molecule has 0 radical (unpaired) electrons. The number of Topliss-reactive ketones (excluding diaryl/α,β-unsaturated/α-hetero) is 1. The van der Waals surface area contributed by atoms with Crippen LogP contribution in [-0.4, -0.2) is 16.9 Å². The van der Waals surface area contributed by atoms with Crippen LogP contribution in [0.3, 0.4) is 0 Å². The predicted octanol–water partition coefficient (Wildman–Crippen LogP) is 5.35. The molecular weight excluding hydrogens is 300 g/mol. The van der Waals surface area contributed by atoms with Crippen LogP contribution in [0.4, 0.5) is 0 Å². The smallest absolute Gasteiger partial charge is 0.303 e. The molecule has 1 aromatic rings. The number of rotatable bonds is 14. The molecule has 0 amide bonds. The Morgan fingerprint density at radius 3 is 2.00 bits per heavy atom. The third-order valence-corrected chi connectivity index (χ3v) is 4.34. The first-order chi connectivity index (χ1) is 11.6. The highest BCUT2D eigenvalue weighted by atomic mass is 16.4. The van der Waals surface area contributed by atoms with Gasteiger partial charge in [-0.15, -0.1) is 0 Å². The summed E-state index contributed by atoms with van der Waals surface area (Å²) in [6, 6.07) is 8.02. The van der Waals surface area contributed by atoms with E-state index in [0.29, 0.717) is 25.0 Å². The zero-order chi connectivity index (χ0) is 17.6. The first-order valence-electron chi connectivity index (χ1n) is 9.43. The Labute approximate surface area is 146 Å². The molecule has 0 unspecified atom stereocenters. The maximum atomic E-state index is 12.0. The molecule has 3 nitrogen and oxygen atoms in total. The van der Waals surface area contributed by atoms with Crippen LogP contribution in [0.1, 0.15) is 82.3 Å². The number of aliphatic carboxylic acids is 1. The number of hydrogen-bond donors (Lipinski definition) is 1. The molecule has 0 aliphatic rings. The number of carboxylic acids is 1. The average Bonchev–Trinajstić information content (AvgIpc) is 2.55. The summed E-state index contributed by atoms with van der Waals surface area (Å²) in [5.41, 5.74) is 2.20. The van der Waals surface area contributed by atoms with Crippen molar-refractivity contribution in [3.8, 4) is 0 Å². The van der Waals surface area contributed by atoms with Crippen molar-refractivity contribution in [2.45, 2.75) is 84.0 Å². The van der Waals surface area contributed by atoms with E-state index in [0.717, 1.165) is 30.4 Å². The Bertz CT molecular complexity index is 476. The van der Waals surface area contributed by atoms with Crippen LogP contribution in [0.15, 0.2) is 24.3 Å². The van der Waals surface area contributed by atoms with Gasteiger partial charge in [0.1, 0.15) is 5.78 Å². The number of aryl methyl sites for hydroxylation is 1. The lowest BCUT2D eigenvalue weighted by Gasteiger charge is -2.04. The van der Waals surface area contributed by atoms with Crippen LogP contribution >= 0.6 is 0 Å². The van der Waals surface area contributed by atoms with Gasteiger partial charge in [-0.1, -0.05) is 69.7 Å². The molecule has 1 rings (SSSR count). The third kappa shape index (κ3) is 10.2. The van der Waals surface area contributed by atoms with E-state index in [4.69, 9.17) is 5.11 Å². The molecule has 1 N–H and O–H groups in total. The molecule has 0 spiro atoms. The van der Waals surface area contributed by atoms with E-state index in [9.17, 15) is 9.59 Å². The Morgan fingerprint density at radius 1 is 0.792 bits per heavy atom. The number of benzene rings is 1. The summed E-state index contributed by atoms with van der Waals surface area (Å²) < 4.78 is 0. The van der Waals surface area contributed by atoms with Gasteiger partial charge in [0.05, 0.1) is 0 Å². The Hall–Kier alpha value is -1.64. The van der Waals surface area contributed by atoms with Gasteiger partial charge < -0.3 is 5.11 Å². The van der Waals surface area contributed by atoms with Crippen molar-refractivity contribution in [3.05, 3.63) is 35.4 Å². The lowest BCUT2D eigenvalue weighted by molar-refractivity contribution is -0.137. The molecule has 1 aromatic carbocycles. The van der Waals surface area contributed by atoms with Crippen molar-refractivity contribution in [2.75, 3.05) is 0 Å². The number of carbonyl (C=O) groups is 2. The molecule has 0 aliphatic heterocycles. The quantitative estimate of drug-likeness (QED) is 0.467. The van der Waals surface area contributed by atoms with E-state index >= 15 is 0 Å². The van der Waals surface area contributed by atoms with E-state index < -0.39 is 5.97 Å². The van der Waals surface area contributed by atoms with E-state index in [1.807, 2.05) is 24.3 Å². The van der Waals surface area contributed by atoms with Crippen LogP contribution in [-0.2, 0) is 22.4 Å². The molecule has 0 atom stereocenters. The summed E-state index contributed by atoms with van der Waals surface area (Å²) in [5, 5.41) is 8.64. The van der Waals surface area contributed by atoms with Gasteiger partial charge in [0, 0.05) is 19.3 Å². The largest absolute Gasteiger partial charge is 0.481 e. The number of unbranched alkanes of at least 4 members (excludes halogenated alkanes) is 6. The van der Waals surface area contributed by atoms with Crippen molar-refractivity contribution in [2.24, 2.45) is 0 Å². The lowest BCUT2D eigenvalue weighted by Crippen LogP contribution is -2.02. The van der Waals surface area contributed by atoms with Crippen LogP contribution in [0.25, 0.3) is 0 Å². The highest BCUT2D eigenvalue weighted by Gasteiger charge is 2.04. The van der Waals surface area contributed by atoms with Crippen LogP contribution in [0.5, 0.6) is 0 Å². The van der Waals surface area contributed by atoms with Crippen molar-refractivity contribution < 1.29 is 14.7 Å². The summed E-state index contributed by atoms with van der Waals surface area (Å²) in [6.45, 7) is 2.22. The molecule has 0 saturated carbocycles. The van der Waals surface area contributed by atoms with Crippen LogP contribution in [0.2, 0.25) is 0 Å². The molecule has 0 heterocycles. The molecule has 0 saturated heterocycles. The SMILES string of the molecule is CCCCCCCCCC(=O)Cc1ccc(CCCC(=O)O)cc1. The molecule has 0 fully saturated rings.